The predicted octanol–water partition coefficient (Wildman–Crippen LogP) is 3.47. The molecule has 1 saturated carbocycles. The van der Waals surface area contributed by atoms with Gasteiger partial charge in [-0.15, -0.1) is 0 Å². The second-order valence-corrected chi connectivity index (χ2v) is 5.86. The summed E-state index contributed by atoms with van der Waals surface area (Å²) in [6.07, 6.45) is 2.35. The molecule has 1 N–H and O–H groups in total. The lowest BCUT2D eigenvalue weighted by molar-refractivity contribution is -0.142. The van der Waals surface area contributed by atoms with Crippen LogP contribution in [0.4, 0.5) is 0 Å². The second kappa shape index (κ2) is 5.36. The highest BCUT2D eigenvalue weighted by molar-refractivity contribution is 9.10. The number of hydrogen-bond acceptors (Lipinski definition) is 4. The number of carboxylic acids is 1. The molecule has 104 valence electrons. The number of halogens is 1. The molecule has 1 aromatic carbocycles. The van der Waals surface area contributed by atoms with E-state index in [-0.39, 0.29) is 5.92 Å². The van der Waals surface area contributed by atoms with Gasteiger partial charge in [0.15, 0.2) is 0 Å². The number of nitrogens with zero attached hydrogens (tertiary/aromatic N) is 2. The van der Waals surface area contributed by atoms with Gasteiger partial charge in [-0.25, -0.2) is 0 Å². The Morgan fingerprint density at radius 2 is 2.25 bits per heavy atom. The molecule has 0 bridgehead atoms. The van der Waals surface area contributed by atoms with Crippen LogP contribution in [0, 0.1) is 5.92 Å². The van der Waals surface area contributed by atoms with Crippen molar-refractivity contribution in [2.45, 2.75) is 25.2 Å². The van der Waals surface area contributed by atoms with Gasteiger partial charge in [-0.1, -0.05) is 39.6 Å². The summed E-state index contributed by atoms with van der Waals surface area (Å²) in [6, 6.07) is 7.60. The Kier molecular flexibility index (Phi) is 3.56. The molecule has 0 spiro atoms. The van der Waals surface area contributed by atoms with Gasteiger partial charge in [0.05, 0.1) is 11.8 Å². The van der Waals surface area contributed by atoms with Crippen LogP contribution in [0.15, 0.2) is 33.3 Å². The maximum absolute atomic E-state index is 11.2. The third kappa shape index (κ3) is 2.47. The van der Waals surface area contributed by atoms with E-state index in [2.05, 4.69) is 26.1 Å². The third-order valence-electron chi connectivity index (χ3n) is 3.67. The quantitative estimate of drug-likeness (QED) is 0.928. The summed E-state index contributed by atoms with van der Waals surface area (Å²) in [5, 5.41) is 13.2. The second-order valence-electron chi connectivity index (χ2n) is 4.95. The smallest absolute Gasteiger partial charge is 0.307 e. The Morgan fingerprint density at radius 3 is 3.00 bits per heavy atom. The van der Waals surface area contributed by atoms with E-state index in [1.54, 1.807) is 0 Å². The van der Waals surface area contributed by atoms with Crippen molar-refractivity contribution >= 4 is 21.9 Å². The summed E-state index contributed by atoms with van der Waals surface area (Å²) in [5.74, 6) is -0.427. The summed E-state index contributed by atoms with van der Waals surface area (Å²) >= 11 is 3.40. The number of aliphatic carboxylic acids is 1. The van der Waals surface area contributed by atoms with Crippen molar-refractivity contribution in [3.63, 3.8) is 0 Å². The molecular weight excluding hydrogens is 324 g/mol. The van der Waals surface area contributed by atoms with E-state index in [1.165, 1.54) is 0 Å². The lowest BCUT2D eigenvalue weighted by atomic mass is 9.96. The fraction of sp³-hybridized carbons (Fsp3) is 0.357. The Bertz CT molecular complexity index is 641. The van der Waals surface area contributed by atoms with Crippen LogP contribution >= 0.6 is 15.9 Å². The van der Waals surface area contributed by atoms with Crippen molar-refractivity contribution in [1.29, 1.82) is 0 Å². The van der Waals surface area contributed by atoms with Crippen molar-refractivity contribution in [2.24, 2.45) is 5.92 Å². The monoisotopic (exact) mass is 336 g/mol. The number of rotatable bonds is 3. The van der Waals surface area contributed by atoms with Crippen LogP contribution in [0.1, 0.15) is 31.1 Å². The zero-order valence-electron chi connectivity index (χ0n) is 10.6. The molecule has 0 saturated heterocycles. The minimum Gasteiger partial charge on any atom is -0.481 e. The van der Waals surface area contributed by atoms with E-state index in [0.717, 1.165) is 22.9 Å². The van der Waals surface area contributed by atoms with Gasteiger partial charge in [-0.05, 0) is 25.0 Å². The van der Waals surface area contributed by atoms with Gasteiger partial charge in [0.25, 0.3) is 0 Å². The molecule has 5 nitrogen and oxygen atoms in total. The van der Waals surface area contributed by atoms with Crippen LogP contribution < -0.4 is 0 Å². The first-order valence-electron chi connectivity index (χ1n) is 6.47. The van der Waals surface area contributed by atoms with Gasteiger partial charge in [-0.3, -0.25) is 4.79 Å². The largest absolute Gasteiger partial charge is 0.481 e. The first-order chi connectivity index (χ1) is 9.65. The van der Waals surface area contributed by atoms with Crippen LogP contribution in [0.25, 0.3) is 11.4 Å². The lowest BCUT2D eigenvalue weighted by Gasteiger charge is -2.10. The van der Waals surface area contributed by atoms with E-state index < -0.39 is 11.9 Å². The van der Waals surface area contributed by atoms with Crippen molar-refractivity contribution in [1.82, 2.24) is 10.1 Å². The average Bonchev–Trinajstić information content (AvgIpc) is 3.07. The Balaban J connectivity index is 1.89. The fourth-order valence-corrected chi connectivity index (χ4v) is 3.08. The average molecular weight is 337 g/mol. The highest BCUT2D eigenvalue weighted by atomic mass is 79.9. The van der Waals surface area contributed by atoms with Gasteiger partial charge in [-0.2, -0.15) is 4.98 Å². The first kappa shape index (κ1) is 13.3. The van der Waals surface area contributed by atoms with E-state index in [1.807, 2.05) is 24.3 Å². The number of carboxylic acid groups (broad SMARTS) is 1. The molecule has 1 aliphatic rings. The van der Waals surface area contributed by atoms with E-state index >= 15 is 0 Å². The molecule has 0 amide bonds. The molecule has 1 aliphatic carbocycles. The van der Waals surface area contributed by atoms with Crippen LogP contribution in [0.5, 0.6) is 0 Å². The highest BCUT2D eigenvalue weighted by Gasteiger charge is 2.37. The van der Waals surface area contributed by atoms with Gasteiger partial charge in [0.1, 0.15) is 0 Å². The maximum atomic E-state index is 11.2. The summed E-state index contributed by atoms with van der Waals surface area (Å²) in [5.41, 5.74) is 0.847. The van der Waals surface area contributed by atoms with Gasteiger partial charge in [0, 0.05) is 10.0 Å². The fourth-order valence-electron chi connectivity index (χ4n) is 2.68. The van der Waals surface area contributed by atoms with Crippen LogP contribution in [-0.2, 0) is 4.79 Å². The molecule has 6 heteroatoms. The van der Waals surface area contributed by atoms with E-state index in [4.69, 9.17) is 4.52 Å². The molecular formula is C14H13BrN2O3. The zero-order chi connectivity index (χ0) is 14.1. The summed E-state index contributed by atoms with van der Waals surface area (Å²) in [4.78, 5) is 15.6. The number of benzene rings is 1. The van der Waals surface area contributed by atoms with Crippen molar-refractivity contribution in [3.05, 3.63) is 34.6 Å². The SMILES string of the molecule is O=C(O)C1CCCC1c1nc(-c2cccc(Br)c2)no1. The highest BCUT2D eigenvalue weighted by Crippen LogP contribution is 2.39. The van der Waals surface area contributed by atoms with Crippen molar-refractivity contribution in [3.8, 4) is 11.4 Å². The third-order valence-corrected chi connectivity index (χ3v) is 4.17. The molecule has 3 rings (SSSR count). The molecule has 0 radical (unpaired) electrons. The minimum absolute atomic E-state index is 0.166. The summed E-state index contributed by atoms with van der Waals surface area (Å²) in [7, 11) is 0. The standard InChI is InChI=1S/C14H13BrN2O3/c15-9-4-1-3-8(7-9)12-16-13(20-17-12)10-5-2-6-11(10)14(18)19/h1,3-4,7,10-11H,2,5-6H2,(H,18,19). The number of hydrogen-bond donors (Lipinski definition) is 1. The van der Waals surface area contributed by atoms with Crippen LogP contribution in [0.3, 0.4) is 0 Å². The zero-order valence-corrected chi connectivity index (χ0v) is 12.2. The molecule has 1 fully saturated rings. The minimum atomic E-state index is -0.783. The molecule has 1 heterocycles. The van der Waals surface area contributed by atoms with E-state index in [0.29, 0.717) is 18.1 Å². The normalized spacial score (nSPS) is 22.1. The Morgan fingerprint density at radius 1 is 1.40 bits per heavy atom. The van der Waals surface area contributed by atoms with Gasteiger partial charge in [0.2, 0.25) is 11.7 Å². The van der Waals surface area contributed by atoms with E-state index in [9.17, 15) is 9.90 Å². The topological polar surface area (TPSA) is 76.2 Å². The molecule has 2 unspecified atom stereocenters. The first-order valence-corrected chi connectivity index (χ1v) is 7.27. The Hall–Kier alpha value is -1.69. The Labute approximate surface area is 124 Å². The van der Waals surface area contributed by atoms with Crippen LogP contribution in [0.2, 0.25) is 0 Å². The van der Waals surface area contributed by atoms with Crippen molar-refractivity contribution in [2.75, 3.05) is 0 Å². The summed E-state index contributed by atoms with van der Waals surface area (Å²) in [6.45, 7) is 0. The maximum Gasteiger partial charge on any atom is 0.307 e. The van der Waals surface area contributed by atoms with Gasteiger partial charge < -0.3 is 9.63 Å². The number of carbonyl (C=O) groups is 1. The lowest BCUT2D eigenvalue weighted by Crippen LogP contribution is -2.17. The predicted molar refractivity (Wildman–Crippen MR) is 75.2 cm³/mol. The molecule has 1 aromatic heterocycles. The number of aromatic nitrogens is 2. The van der Waals surface area contributed by atoms with Gasteiger partial charge >= 0.3 is 5.97 Å². The summed E-state index contributed by atoms with van der Waals surface area (Å²) < 4.78 is 6.22. The molecule has 20 heavy (non-hydrogen) atoms. The van der Waals surface area contributed by atoms with Crippen LogP contribution in [-0.4, -0.2) is 21.2 Å². The molecule has 2 atom stereocenters. The van der Waals surface area contributed by atoms with Crippen molar-refractivity contribution < 1.29 is 14.4 Å². The molecule has 2 aromatic rings. The molecule has 0 aliphatic heterocycles.